The number of thioether (sulfide) groups is 1. The number of aryl methyl sites for hydroxylation is 1. The minimum absolute atomic E-state index is 0.0593. The van der Waals surface area contributed by atoms with Crippen LogP contribution in [0.1, 0.15) is 70.9 Å². The van der Waals surface area contributed by atoms with Gasteiger partial charge >= 0.3 is 12.0 Å². The van der Waals surface area contributed by atoms with E-state index in [2.05, 4.69) is 47.6 Å². The Labute approximate surface area is 285 Å². The zero-order valence-corrected chi connectivity index (χ0v) is 29.2. The molecule has 12 heteroatoms. The van der Waals surface area contributed by atoms with Crippen molar-refractivity contribution in [3.05, 3.63) is 54.4 Å². The average molecular weight is 675 g/mol. The number of ether oxygens (including phenoxy) is 1. The van der Waals surface area contributed by atoms with E-state index in [1.807, 2.05) is 38.1 Å². The Morgan fingerprint density at radius 1 is 1.21 bits per heavy atom. The number of ketones is 1. The van der Waals surface area contributed by atoms with E-state index in [0.717, 1.165) is 42.2 Å². The van der Waals surface area contributed by atoms with E-state index in [4.69, 9.17) is 10.5 Å². The van der Waals surface area contributed by atoms with E-state index in [1.54, 1.807) is 6.08 Å². The highest BCUT2D eigenvalue weighted by atomic mass is 32.2. The molecule has 2 aromatic heterocycles. The van der Waals surface area contributed by atoms with Crippen LogP contribution in [0.2, 0.25) is 0 Å². The number of carbonyl (C=O) groups is 3. The Kier molecular flexibility index (Phi) is 8.95. The molecule has 2 heterocycles. The number of hydrogen-bond donors (Lipinski definition) is 3. The Morgan fingerprint density at radius 2 is 1.94 bits per heavy atom. The number of amides is 1. The highest BCUT2D eigenvalue weighted by Gasteiger charge is 2.68. The number of aliphatic hydroxyl groups is 1. The van der Waals surface area contributed by atoms with Crippen molar-refractivity contribution in [3.8, 4) is 0 Å². The second-order valence-electron chi connectivity index (χ2n) is 14.7. The van der Waals surface area contributed by atoms with E-state index in [9.17, 15) is 19.5 Å². The number of Topliss-reactive ketones (excluding diaryl/α,β-unsaturated/α-hetero) is 1. The van der Waals surface area contributed by atoms with Crippen LogP contribution in [0.5, 0.6) is 0 Å². The van der Waals surface area contributed by atoms with Crippen LogP contribution in [-0.4, -0.2) is 60.4 Å². The molecule has 3 aliphatic rings. The van der Waals surface area contributed by atoms with Crippen molar-refractivity contribution in [2.45, 2.75) is 90.5 Å². The van der Waals surface area contributed by atoms with Crippen molar-refractivity contribution >= 4 is 46.7 Å². The molecule has 8 atom stereocenters. The Morgan fingerprint density at radius 3 is 2.65 bits per heavy atom. The number of aromatic nitrogens is 4. The summed E-state index contributed by atoms with van der Waals surface area (Å²) in [6.07, 6.45) is 5.12. The topological polar surface area (TPSA) is 162 Å². The van der Waals surface area contributed by atoms with Crippen LogP contribution in [0.3, 0.4) is 0 Å². The van der Waals surface area contributed by atoms with E-state index in [1.165, 1.54) is 10.9 Å². The molecule has 0 aliphatic heterocycles. The molecule has 1 aromatic carbocycles. The van der Waals surface area contributed by atoms with E-state index in [0.29, 0.717) is 29.9 Å². The fourth-order valence-electron chi connectivity index (χ4n) is 8.93. The lowest BCUT2D eigenvalue weighted by atomic mass is 9.44. The fraction of sp³-hybridized carbons (Fsp3) is 0.556. The quantitative estimate of drug-likeness (QED) is 0.127. The maximum absolute atomic E-state index is 13.7. The first-order valence-electron chi connectivity index (χ1n) is 16.7. The molecule has 11 nitrogen and oxygen atoms in total. The van der Waals surface area contributed by atoms with Gasteiger partial charge in [-0.3, -0.25) is 9.59 Å². The van der Waals surface area contributed by atoms with Gasteiger partial charge in [0.2, 0.25) is 5.95 Å². The first-order chi connectivity index (χ1) is 22.7. The molecular formula is C36H46N6O5S. The highest BCUT2D eigenvalue weighted by Crippen LogP contribution is 2.68. The molecule has 3 aromatic rings. The smallest absolute Gasteiger partial charge is 0.328 e. The Hall–Kier alpha value is -3.77. The summed E-state index contributed by atoms with van der Waals surface area (Å²) < 4.78 is 7.65. The van der Waals surface area contributed by atoms with Crippen molar-refractivity contribution in [3.63, 3.8) is 0 Å². The lowest BCUT2D eigenvalue weighted by Gasteiger charge is -2.61. The van der Waals surface area contributed by atoms with Crippen molar-refractivity contribution < 1.29 is 24.2 Å². The second-order valence-corrected chi connectivity index (χ2v) is 15.6. The molecule has 3 aliphatic carbocycles. The highest BCUT2D eigenvalue weighted by molar-refractivity contribution is 8.00. The predicted molar refractivity (Wildman–Crippen MR) is 184 cm³/mol. The number of nitrogens with one attached hydrogen (secondary N) is 1. The minimum Gasteiger partial charge on any atom is -0.461 e. The summed E-state index contributed by atoms with van der Waals surface area (Å²) in [5.41, 5.74) is 7.01. The maximum atomic E-state index is 13.7. The SMILES string of the molecule is C=C[C@]1(C)C[C@@H](OC(=O)CSc2nc(N)nc3c2ncn3C(=O)NCc2ccc(C)cc2)[C@@]2(C)C3C(=O)CC[C@@]3(CC[C@H]2C)[C@@H](C)[C@@H]1O. The number of carbonyl (C=O) groups excluding carboxylic acids is 3. The third-order valence-electron chi connectivity index (χ3n) is 12.1. The Bertz CT molecular complexity index is 1760. The molecule has 1 unspecified atom stereocenters. The summed E-state index contributed by atoms with van der Waals surface area (Å²) in [5.74, 6) is -0.718. The van der Waals surface area contributed by atoms with Gasteiger partial charge < -0.3 is 20.9 Å². The molecule has 4 N–H and O–H groups in total. The third-order valence-corrected chi connectivity index (χ3v) is 13.0. The molecule has 3 saturated carbocycles. The lowest BCUT2D eigenvalue weighted by molar-refractivity contribution is -0.205. The zero-order chi connectivity index (χ0) is 34.6. The van der Waals surface area contributed by atoms with Crippen LogP contribution in [-0.2, 0) is 20.9 Å². The first kappa shape index (κ1) is 34.1. The minimum atomic E-state index is -0.738. The number of esters is 1. The number of fused-ring (bicyclic) bond motifs is 1. The predicted octanol–water partition coefficient (Wildman–Crippen LogP) is 5.47. The van der Waals surface area contributed by atoms with Crippen molar-refractivity contribution in [2.75, 3.05) is 11.5 Å². The number of nitrogens with two attached hydrogens (primary N) is 1. The molecule has 1 amide bonds. The molecule has 6 rings (SSSR count). The number of imidazole rings is 1. The van der Waals surface area contributed by atoms with Gasteiger partial charge in [-0.05, 0) is 55.4 Å². The number of hydrogen-bond acceptors (Lipinski definition) is 10. The normalized spacial score (nSPS) is 33.0. The van der Waals surface area contributed by atoms with E-state index < -0.39 is 35.0 Å². The van der Waals surface area contributed by atoms with Crippen molar-refractivity contribution in [1.29, 1.82) is 0 Å². The maximum Gasteiger partial charge on any atom is 0.328 e. The molecule has 0 radical (unpaired) electrons. The number of rotatable bonds is 7. The van der Waals surface area contributed by atoms with Gasteiger partial charge in [0, 0.05) is 29.7 Å². The van der Waals surface area contributed by atoms with Gasteiger partial charge in [0.05, 0.1) is 11.9 Å². The van der Waals surface area contributed by atoms with E-state index >= 15 is 0 Å². The molecule has 3 fully saturated rings. The monoisotopic (exact) mass is 674 g/mol. The second kappa shape index (κ2) is 12.6. The van der Waals surface area contributed by atoms with Crippen LogP contribution in [0.4, 0.5) is 10.7 Å². The van der Waals surface area contributed by atoms with Gasteiger partial charge in [-0.15, -0.1) is 6.58 Å². The zero-order valence-electron chi connectivity index (χ0n) is 28.4. The molecule has 2 bridgehead atoms. The Balaban J connectivity index is 1.23. The standard InChI is InChI=1S/C36H46N6O5S/c1-7-34(5)16-25(35(6)21(3)12-14-36(22(4)29(34)45)15-13-24(43)28(35)36)47-26(44)18-48-31-27-30(40-32(37)41-31)42(19-39-27)33(46)38-17-23-10-8-20(2)9-11-23/h7-11,19,21-22,25,28-29,45H,1,12-18H2,2-6H3,(H,38,46)(H2,37,40,41)/t21-,22+,25-,28?,29+,34-,35+,36+/m1/s1. The van der Waals surface area contributed by atoms with Crippen LogP contribution in [0.15, 0.2) is 48.3 Å². The lowest BCUT2D eigenvalue weighted by Crippen LogP contribution is -2.63. The third kappa shape index (κ3) is 5.60. The summed E-state index contributed by atoms with van der Waals surface area (Å²) in [6, 6.07) is 7.43. The molecular weight excluding hydrogens is 629 g/mol. The van der Waals surface area contributed by atoms with Gasteiger partial charge in [0.25, 0.3) is 0 Å². The van der Waals surface area contributed by atoms with E-state index in [-0.39, 0.29) is 46.3 Å². The average Bonchev–Trinajstić information content (AvgIpc) is 3.65. The summed E-state index contributed by atoms with van der Waals surface area (Å²) in [4.78, 5) is 53.4. The largest absolute Gasteiger partial charge is 0.461 e. The van der Waals surface area contributed by atoms with Crippen LogP contribution in [0, 0.1) is 40.9 Å². The van der Waals surface area contributed by atoms with Crippen molar-refractivity contribution in [2.24, 2.45) is 34.0 Å². The molecule has 0 saturated heterocycles. The van der Waals surface area contributed by atoms with Crippen LogP contribution < -0.4 is 11.1 Å². The number of nitrogen functional groups attached to an aromatic ring is 1. The van der Waals surface area contributed by atoms with Crippen LogP contribution >= 0.6 is 11.8 Å². The number of anilines is 1. The first-order valence-corrected chi connectivity index (χ1v) is 17.7. The molecule has 48 heavy (non-hydrogen) atoms. The van der Waals surface area contributed by atoms with Crippen molar-refractivity contribution in [1.82, 2.24) is 24.8 Å². The van der Waals surface area contributed by atoms with Gasteiger partial charge in [0.15, 0.2) is 5.65 Å². The summed E-state index contributed by atoms with van der Waals surface area (Å²) in [7, 11) is 0. The molecule has 256 valence electrons. The number of benzene rings is 1. The van der Waals surface area contributed by atoms with Crippen LogP contribution in [0.25, 0.3) is 11.2 Å². The number of nitrogens with zero attached hydrogens (tertiary/aromatic N) is 4. The van der Waals surface area contributed by atoms with Gasteiger partial charge in [-0.2, -0.15) is 4.98 Å². The number of aliphatic hydroxyl groups excluding tert-OH is 1. The summed E-state index contributed by atoms with van der Waals surface area (Å²) >= 11 is 1.11. The van der Waals surface area contributed by atoms with Gasteiger partial charge in [0.1, 0.15) is 28.8 Å². The summed E-state index contributed by atoms with van der Waals surface area (Å²) in [5, 5.41) is 15.0. The molecule has 0 spiro atoms. The summed E-state index contributed by atoms with van der Waals surface area (Å²) in [6.45, 7) is 14.7. The fourth-order valence-corrected chi connectivity index (χ4v) is 9.69. The van der Waals surface area contributed by atoms with Gasteiger partial charge in [-0.1, -0.05) is 75.4 Å². The van der Waals surface area contributed by atoms with Gasteiger partial charge in [-0.25, -0.2) is 19.3 Å².